The van der Waals surface area contributed by atoms with Crippen molar-refractivity contribution in [1.29, 1.82) is 0 Å². The van der Waals surface area contributed by atoms with Crippen molar-refractivity contribution in [3.8, 4) is 0 Å². The van der Waals surface area contributed by atoms with Crippen molar-refractivity contribution in [1.82, 2.24) is 19.9 Å². The summed E-state index contributed by atoms with van der Waals surface area (Å²) in [5.74, 6) is 1.58. The summed E-state index contributed by atoms with van der Waals surface area (Å²) in [4.78, 5) is 18.5. The van der Waals surface area contributed by atoms with Crippen LogP contribution < -0.4 is 10.2 Å². The van der Waals surface area contributed by atoms with E-state index in [-0.39, 0.29) is 0 Å². The zero-order valence-electron chi connectivity index (χ0n) is 10.1. The highest BCUT2D eigenvalue weighted by Gasteiger charge is 2.30. The molecule has 0 spiro atoms. The maximum absolute atomic E-state index is 4.56. The Balaban J connectivity index is 2.14. The summed E-state index contributed by atoms with van der Waals surface area (Å²) < 4.78 is 0. The number of H-pyrrole nitrogens is 1. The van der Waals surface area contributed by atoms with Crippen LogP contribution in [0, 0.1) is 0 Å². The summed E-state index contributed by atoms with van der Waals surface area (Å²) >= 11 is 0. The first-order valence-electron chi connectivity index (χ1n) is 5.99. The standard InChI is InChI=1S/C11H16N6/c1-3-17(7-4-5-7)10-8-9(14-6-13-8)15-11(12-2)16-10/h6-7H,3-5H2,1-2H3,(H2,12,13,14,15,16). The van der Waals surface area contributed by atoms with Gasteiger partial charge in [-0.15, -0.1) is 0 Å². The predicted molar refractivity (Wildman–Crippen MR) is 67.3 cm³/mol. The fourth-order valence-corrected chi connectivity index (χ4v) is 2.10. The number of aromatic nitrogens is 4. The van der Waals surface area contributed by atoms with Crippen molar-refractivity contribution in [2.24, 2.45) is 0 Å². The van der Waals surface area contributed by atoms with E-state index in [0.717, 1.165) is 23.5 Å². The van der Waals surface area contributed by atoms with E-state index in [2.05, 4.69) is 37.1 Å². The minimum absolute atomic E-state index is 0.624. The second kappa shape index (κ2) is 3.87. The van der Waals surface area contributed by atoms with Crippen LogP contribution in [0.1, 0.15) is 19.8 Å². The van der Waals surface area contributed by atoms with Crippen LogP contribution in [0.15, 0.2) is 6.33 Å². The van der Waals surface area contributed by atoms with E-state index < -0.39 is 0 Å². The highest BCUT2D eigenvalue weighted by atomic mass is 15.3. The van der Waals surface area contributed by atoms with Crippen LogP contribution in [0.5, 0.6) is 0 Å². The van der Waals surface area contributed by atoms with Crippen molar-refractivity contribution in [3.05, 3.63) is 6.33 Å². The van der Waals surface area contributed by atoms with Gasteiger partial charge in [-0.25, -0.2) is 4.98 Å². The lowest BCUT2D eigenvalue weighted by atomic mass is 10.4. The average Bonchev–Trinajstić information content (AvgIpc) is 3.07. The minimum atomic E-state index is 0.624. The highest BCUT2D eigenvalue weighted by Crippen LogP contribution is 2.33. The van der Waals surface area contributed by atoms with E-state index in [1.807, 2.05) is 7.05 Å². The molecule has 17 heavy (non-hydrogen) atoms. The van der Waals surface area contributed by atoms with Gasteiger partial charge in [-0.3, -0.25) is 0 Å². The maximum Gasteiger partial charge on any atom is 0.226 e. The molecule has 0 aliphatic heterocycles. The SMILES string of the molecule is CCN(c1nc(NC)nc2nc[nH]c12)C1CC1. The molecule has 0 radical (unpaired) electrons. The van der Waals surface area contributed by atoms with Gasteiger partial charge in [0, 0.05) is 19.6 Å². The minimum Gasteiger partial charge on any atom is -0.357 e. The summed E-state index contributed by atoms with van der Waals surface area (Å²) in [7, 11) is 1.82. The third kappa shape index (κ3) is 1.69. The Hall–Kier alpha value is -1.85. The van der Waals surface area contributed by atoms with Crippen LogP contribution in [-0.2, 0) is 0 Å². The highest BCUT2D eigenvalue weighted by molar-refractivity contribution is 5.84. The summed E-state index contributed by atoms with van der Waals surface area (Å²) in [6.45, 7) is 3.11. The Morgan fingerprint density at radius 2 is 2.29 bits per heavy atom. The van der Waals surface area contributed by atoms with E-state index >= 15 is 0 Å². The molecule has 2 N–H and O–H groups in total. The number of hydrogen-bond donors (Lipinski definition) is 2. The van der Waals surface area contributed by atoms with E-state index in [9.17, 15) is 0 Å². The molecule has 6 heteroatoms. The zero-order valence-corrected chi connectivity index (χ0v) is 10.1. The van der Waals surface area contributed by atoms with E-state index in [0.29, 0.717) is 12.0 Å². The largest absolute Gasteiger partial charge is 0.357 e. The number of nitrogens with zero attached hydrogens (tertiary/aromatic N) is 4. The van der Waals surface area contributed by atoms with Crippen LogP contribution >= 0.6 is 0 Å². The maximum atomic E-state index is 4.56. The zero-order chi connectivity index (χ0) is 11.8. The summed E-state index contributed by atoms with van der Waals surface area (Å²) in [5.41, 5.74) is 1.65. The fraction of sp³-hybridized carbons (Fsp3) is 0.545. The number of nitrogens with one attached hydrogen (secondary N) is 2. The topological polar surface area (TPSA) is 69.7 Å². The van der Waals surface area contributed by atoms with Crippen molar-refractivity contribution in [2.75, 3.05) is 23.8 Å². The van der Waals surface area contributed by atoms with Crippen molar-refractivity contribution < 1.29 is 0 Å². The Morgan fingerprint density at radius 3 is 2.94 bits per heavy atom. The van der Waals surface area contributed by atoms with Crippen LogP contribution in [0.25, 0.3) is 11.2 Å². The van der Waals surface area contributed by atoms with Crippen LogP contribution in [0.2, 0.25) is 0 Å². The van der Waals surface area contributed by atoms with Crippen LogP contribution in [0.4, 0.5) is 11.8 Å². The first-order chi connectivity index (χ1) is 8.33. The number of anilines is 2. The molecule has 0 amide bonds. The monoisotopic (exact) mass is 232 g/mol. The molecule has 1 aliphatic carbocycles. The van der Waals surface area contributed by atoms with Crippen molar-refractivity contribution in [2.45, 2.75) is 25.8 Å². The smallest absolute Gasteiger partial charge is 0.226 e. The lowest BCUT2D eigenvalue weighted by molar-refractivity contribution is 0.810. The molecule has 3 rings (SSSR count). The normalized spacial score (nSPS) is 15.2. The summed E-state index contributed by atoms with van der Waals surface area (Å²) in [5, 5.41) is 2.98. The second-order valence-electron chi connectivity index (χ2n) is 4.24. The van der Waals surface area contributed by atoms with Gasteiger partial charge in [0.05, 0.1) is 6.33 Å². The molecular weight excluding hydrogens is 216 g/mol. The molecule has 0 aromatic carbocycles. The van der Waals surface area contributed by atoms with Gasteiger partial charge in [0.1, 0.15) is 5.52 Å². The number of fused-ring (bicyclic) bond motifs is 1. The van der Waals surface area contributed by atoms with Gasteiger partial charge in [-0.1, -0.05) is 0 Å². The predicted octanol–water partition coefficient (Wildman–Crippen LogP) is 1.38. The molecule has 0 unspecified atom stereocenters. The van der Waals surface area contributed by atoms with E-state index in [4.69, 9.17) is 0 Å². The van der Waals surface area contributed by atoms with Gasteiger partial charge in [-0.05, 0) is 19.8 Å². The van der Waals surface area contributed by atoms with Crippen molar-refractivity contribution in [3.63, 3.8) is 0 Å². The fourth-order valence-electron chi connectivity index (χ4n) is 2.10. The van der Waals surface area contributed by atoms with Gasteiger partial charge < -0.3 is 15.2 Å². The molecule has 1 fully saturated rings. The molecule has 2 aromatic heterocycles. The third-order valence-electron chi connectivity index (χ3n) is 3.09. The Bertz CT molecular complexity index is 530. The van der Waals surface area contributed by atoms with Crippen LogP contribution in [-0.4, -0.2) is 39.6 Å². The molecule has 0 bridgehead atoms. The van der Waals surface area contributed by atoms with Gasteiger partial charge in [0.25, 0.3) is 0 Å². The van der Waals surface area contributed by atoms with Crippen LogP contribution in [0.3, 0.4) is 0 Å². The first-order valence-corrected chi connectivity index (χ1v) is 5.99. The summed E-state index contributed by atoms with van der Waals surface area (Å²) in [6.07, 6.45) is 4.17. The Kier molecular flexibility index (Phi) is 2.35. The molecule has 6 nitrogen and oxygen atoms in total. The van der Waals surface area contributed by atoms with Gasteiger partial charge in [0.2, 0.25) is 5.95 Å². The number of aromatic amines is 1. The molecule has 90 valence electrons. The molecule has 0 saturated heterocycles. The lowest BCUT2D eigenvalue weighted by Gasteiger charge is -2.22. The number of rotatable bonds is 4. The van der Waals surface area contributed by atoms with Crippen molar-refractivity contribution >= 4 is 22.9 Å². The number of imidazole rings is 1. The molecule has 2 aromatic rings. The number of hydrogen-bond acceptors (Lipinski definition) is 5. The Labute approximate surface area is 99.5 Å². The molecule has 0 atom stereocenters. The Morgan fingerprint density at radius 1 is 1.47 bits per heavy atom. The van der Waals surface area contributed by atoms with Gasteiger partial charge in [0.15, 0.2) is 11.5 Å². The first kappa shape index (κ1) is 10.3. The summed E-state index contributed by atoms with van der Waals surface area (Å²) in [6, 6.07) is 0.631. The molecular formula is C11H16N6. The van der Waals surface area contributed by atoms with Gasteiger partial charge >= 0.3 is 0 Å². The average molecular weight is 232 g/mol. The second-order valence-corrected chi connectivity index (χ2v) is 4.24. The third-order valence-corrected chi connectivity index (χ3v) is 3.09. The van der Waals surface area contributed by atoms with E-state index in [1.165, 1.54) is 12.8 Å². The molecule has 2 heterocycles. The lowest BCUT2D eigenvalue weighted by Crippen LogP contribution is -2.26. The molecule has 1 saturated carbocycles. The molecule has 1 aliphatic rings. The van der Waals surface area contributed by atoms with Gasteiger partial charge in [-0.2, -0.15) is 9.97 Å². The quantitative estimate of drug-likeness (QED) is 0.833. The van der Waals surface area contributed by atoms with E-state index in [1.54, 1.807) is 6.33 Å².